The van der Waals surface area contributed by atoms with Crippen LogP contribution in [0.25, 0.3) is 0 Å². The Balaban J connectivity index is 1.87. The monoisotopic (exact) mass is 314 g/mol. The Hall–Kier alpha value is -2.05. The van der Waals surface area contributed by atoms with E-state index in [4.69, 9.17) is 0 Å². The lowest BCUT2D eigenvalue weighted by Crippen LogP contribution is -2.27. The van der Waals surface area contributed by atoms with Crippen LogP contribution in [0, 0.1) is 11.8 Å². The van der Waals surface area contributed by atoms with Gasteiger partial charge in [-0.3, -0.25) is 9.59 Å². The largest absolute Gasteiger partial charge is 0.416 e. The number of anilines is 1. The van der Waals surface area contributed by atoms with Crippen molar-refractivity contribution in [2.24, 2.45) is 11.8 Å². The number of amides is 2. The zero-order valence-electron chi connectivity index (χ0n) is 12.0. The van der Waals surface area contributed by atoms with Crippen LogP contribution >= 0.6 is 0 Å². The lowest BCUT2D eigenvalue weighted by Gasteiger charge is -2.09. The molecule has 0 saturated heterocycles. The van der Waals surface area contributed by atoms with Crippen molar-refractivity contribution in [3.05, 3.63) is 29.8 Å². The average Bonchev–Trinajstić information content (AvgIpc) is 3.25. The Morgan fingerprint density at radius 2 is 1.73 bits per heavy atom. The molecule has 2 N–H and O–H groups in total. The fourth-order valence-corrected chi connectivity index (χ4v) is 2.13. The van der Waals surface area contributed by atoms with Crippen LogP contribution in [0.5, 0.6) is 0 Å². The molecule has 1 aliphatic rings. The molecule has 2 rings (SSSR count). The molecule has 1 aromatic rings. The molecule has 0 aromatic heterocycles. The number of hydrogen-bond acceptors (Lipinski definition) is 2. The molecule has 4 nitrogen and oxygen atoms in total. The first kappa shape index (κ1) is 16.3. The van der Waals surface area contributed by atoms with Crippen molar-refractivity contribution in [1.29, 1.82) is 0 Å². The summed E-state index contributed by atoms with van der Waals surface area (Å²) in [5.74, 6) is -1.22. The summed E-state index contributed by atoms with van der Waals surface area (Å²) in [6.45, 7) is 2.50. The summed E-state index contributed by atoms with van der Waals surface area (Å²) in [5.41, 5.74) is -0.480. The quantitative estimate of drug-likeness (QED) is 0.878. The zero-order chi connectivity index (χ0) is 16.3. The zero-order valence-corrected chi connectivity index (χ0v) is 12.0. The molecule has 0 bridgehead atoms. The SMILES string of the molecule is CCCNC(=O)C1CC1C(=O)Nc1ccc(C(F)(F)F)cc1. The Kier molecular flexibility index (Phi) is 4.73. The summed E-state index contributed by atoms with van der Waals surface area (Å²) >= 11 is 0. The van der Waals surface area contributed by atoms with Crippen LogP contribution in [-0.2, 0) is 15.8 Å². The molecule has 1 aromatic carbocycles. The van der Waals surface area contributed by atoms with Crippen molar-refractivity contribution in [3.8, 4) is 0 Å². The van der Waals surface area contributed by atoms with E-state index in [-0.39, 0.29) is 23.4 Å². The van der Waals surface area contributed by atoms with Crippen molar-refractivity contribution >= 4 is 17.5 Å². The third-order valence-corrected chi connectivity index (χ3v) is 3.49. The molecule has 0 heterocycles. The van der Waals surface area contributed by atoms with Gasteiger partial charge in [-0.05, 0) is 37.1 Å². The smallest absolute Gasteiger partial charge is 0.356 e. The lowest BCUT2D eigenvalue weighted by molar-refractivity contribution is -0.137. The number of carbonyl (C=O) groups excluding carboxylic acids is 2. The molecule has 0 aliphatic heterocycles. The molecule has 22 heavy (non-hydrogen) atoms. The number of carbonyl (C=O) groups is 2. The maximum atomic E-state index is 12.4. The van der Waals surface area contributed by atoms with Gasteiger partial charge in [-0.15, -0.1) is 0 Å². The highest BCUT2D eigenvalue weighted by atomic mass is 19.4. The normalized spacial score (nSPS) is 20.4. The third kappa shape index (κ3) is 3.99. The molecule has 1 fully saturated rings. The summed E-state index contributed by atoms with van der Waals surface area (Å²) in [5, 5.41) is 5.26. The van der Waals surface area contributed by atoms with Crippen LogP contribution in [0.15, 0.2) is 24.3 Å². The van der Waals surface area contributed by atoms with Gasteiger partial charge in [0, 0.05) is 12.2 Å². The average molecular weight is 314 g/mol. The van der Waals surface area contributed by atoms with Gasteiger partial charge < -0.3 is 10.6 Å². The summed E-state index contributed by atoms with van der Waals surface area (Å²) in [6, 6.07) is 4.23. The summed E-state index contributed by atoms with van der Waals surface area (Å²) in [7, 11) is 0. The van der Waals surface area contributed by atoms with Crippen LogP contribution < -0.4 is 10.6 Å². The molecular formula is C15H17F3N2O2. The van der Waals surface area contributed by atoms with Gasteiger partial charge in [0.25, 0.3) is 0 Å². The summed E-state index contributed by atoms with van der Waals surface area (Å²) in [4.78, 5) is 23.6. The highest BCUT2D eigenvalue weighted by molar-refractivity contribution is 5.99. The second-order valence-corrected chi connectivity index (χ2v) is 5.30. The number of nitrogens with one attached hydrogen (secondary N) is 2. The number of benzene rings is 1. The van der Waals surface area contributed by atoms with Crippen molar-refractivity contribution in [3.63, 3.8) is 0 Å². The topological polar surface area (TPSA) is 58.2 Å². The van der Waals surface area contributed by atoms with E-state index in [0.717, 1.165) is 18.6 Å². The Morgan fingerprint density at radius 1 is 1.14 bits per heavy atom. The van der Waals surface area contributed by atoms with Gasteiger partial charge in [0.15, 0.2) is 0 Å². The predicted molar refractivity (Wildman–Crippen MR) is 75.0 cm³/mol. The van der Waals surface area contributed by atoms with Crippen molar-refractivity contribution < 1.29 is 22.8 Å². The second-order valence-electron chi connectivity index (χ2n) is 5.30. The number of hydrogen-bond donors (Lipinski definition) is 2. The van der Waals surface area contributed by atoms with Crippen molar-refractivity contribution in [2.45, 2.75) is 25.9 Å². The fraction of sp³-hybridized carbons (Fsp3) is 0.467. The minimum Gasteiger partial charge on any atom is -0.356 e. The highest BCUT2D eigenvalue weighted by Gasteiger charge is 2.47. The molecule has 0 spiro atoms. The second kappa shape index (κ2) is 6.37. The standard InChI is InChI=1S/C15H17F3N2O2/c1-2-7-19-13(21)11-8-12(11)14(22)20-10-5-3-9(4-6-10)15(16,17)18/h3-6,11-12H,2,7-8H2,1H3,(H,19,21)(H,20,22). The Labute approximate surface area is 126 Å². The van der Waals surface area contributed by atoms with Gasteiger partial charge in [0.1, 0.15) is 0 Å². The van der Waals surface area contributed by atoms with E-state index in [9.17, 15) is 22.8 Å². The van der Waals surface area contributed by atoms with Gasteiger partial charge in [0.05, 0.1) is 17.4 Å². The van der Waals surface area contributed by atoms with E-state index >= 15 is 0 Å². The Bertz CT molecular complexity index is 555. The molecule has 2 atom stereocenters. The van der Waals surface area contributed by atoms with Crippen LogP contribution in [0.3, 0.4) is 0 Å². The molecule has 1 aliphatic carbocycles. The van der Waals surface area contributed by atoms with E-state index in [1.807, 2.05) is 6.92 Å². The van der Waals surface area contributed by atoms with Crippen LogP contribution in [-0.4, -0.2) is 18.4 Å². The van der Waals surface area contributed by atoms with E-state index in [0.29, 0.717) is 13.0 Å². The molecular weight excluding hydrogens is 297 g/mol. The van der Waals surface area contributed by atoms with Gasteiger partial charge >= 0.3 is 6.18 Å². The van der Waals surface area contributed by atoms with Crippen LogP contribution in [0.4, 0.5) is 18.9 Å². The minimum atomic E-state index is -4.40. The van der Waals surface area contributed by atoms with Gasteiger partial charge in [-0.25, -0.2) is 0 Å². The molecule has 2 unspecified atom stereocenters. The summed E-state index contributed by atoms with van der Waals surface area (Å²) in [6.07, 6.45) is -3.11. The highest BCUT2D eigenvalue weighted by Crippen LogP contribution is 2.39. The lowest BCUT2D eigenvalue weighted by atomic mass is 10.2. The summed E-state index contributed by atoms with van der Waals surface area (Å²) < 4.78 is 37.3. The molecule has 7 heteroatoms. The predicted octanol–water partition coefficient (Wildman–Crippen LogP) is 2.81. The van der Waals surface area contributed by atoms with E-state index in [1.165, 1.54) is 12.1 Å². The van der Waals surface area contributed by atoms with Gasteiger partial charge in [0.2, 0.25) is 11.8 Å². The fourth-order valence-electron chi connectivity index (χ4n) is 2.13. The maximum Gasteiger partial charge on any atom is 0.416 e. The Morgan fingerprint density at radius 3 is 2.27 bits per heavy atom. The van der Waals surface area contributed by atoms with Crippen LogP contribution in [0.1, 0.15) is 25.3 Å². The first-order valence-corrected chi connectivity index (χ1v) is 7.08. The van der Waals surface area contributed by atoms with E-state index in [2.05, 4.69) is 10.6 Å². The molecule has 120 valence electrons. The number of halogens is 3. The van der Waals surface area contributed by atoms with Crippen LogP contribution in [0.2, 0.25) is 0 Å². The number of rotatable bonds is 5. The molecule has 0 radical (unpaired) electrons. The van der Waals surface area contributed by atoms with Gasteiger partial charge in [-0.2, -0.15) is 13.2 Å². The van der Waals surface area contributed by atoms with Gasteiger partial charge in [-0.1, -0.05) is 6.92 Å². The maximum absolute atomic E-state index is 12.4. The molecule has 2 amide bonds. The molecule has 1 saturated carbocycles. The van der Waals surface area contributed by atoms with Crippen molar-refractivity contribution in [1.82, 2.24) is 5.32 Å². The third-order valence-electron chi connectivity index (χ3n) is 3.49. The number of alkyl halides is 3. The van der Waals surface area contributed by atoms with Crippen molar-refractivity contribution in [2.75, 3.05) is 11.9 Å². The van der Waals surface area contributed by atoms with E-state index in [1.54, 1.807) is 0 Å². The van der Waals surface area contributed by atoms with E-state index < -0.39 is 17.7 Å². The first-order valence-electron chi connectivity index (χ1n) is 7.08. The first-order chi connectivity index (χ1) is 10.3. The minimum absolute atomic E-state index is 0.144.